The largest absolute Gasteiger partial charge is 0.396 e. The third-order valence-corrected chi connectivity index (χ3v) is 4.26. The van der Waals surface area contributed by atoms with Crippen molar-refractivity contribution >= 4 is 5.96 Å². The molecule has 0 amide bonds. The Morgan fingerprint density at radius 3 is 2.52 bits per heavy atom. The minimum atomic E-state index is 0.269. The van der Waals surface area contributed by atoms with Crippen molar-refractivity contribution in [1.82, 2.24) is 10.2 Å². The van der Waals surface area contributed by atoms with Gasteiger partial charge >= 0.3 is 0 Å². The van der Waals surface area contributed by atoms with Gasteiger partial charge < -0.3 is 15.3 Å². The van der Waals surface area contributed by atoms with Crippen LogP contribution in [0.3, 0.4) is 0 Å². The Labute approximate surface area is 131 Å². The summed E-state index contributed by atoms with van der Waals surface area (Å²) in [7, 11) is 0. The highest BCUT2D eigenvalue weighted by Gasteiger charge is 2.19. The fraction of sp³-hybridized carbons (Fsp3) is 0.941. The number of guanidine groups is 1. The second kappa shape index (κ2) is 10.0. The first-order valence-corrected chi connectivity index (χ1v) is 8.70. The average Bonchev–Trinajstić information content (AvgIpc) is 2.44. The molecule has 0 aromatic heterocycles. The number of hydrogen-bond acceptors (Lipinski definition) is 2. The van der Waals surface area contributed by atoms with E-state index in [4.69, 9.17) is 4.99 Å². The van der Waals surface area contributed by atoms with Crippen molar-refractivity contribution in [1.29, 1.82) is 0 Å². The van der Waals surface area contributed by atoms with Gasteiger partial charge in [-0.1, -0.05) is 20.8 Å². The van der Waals surface area contributed by atoms with E-state index < -0.39 is 0 Å². The SMILES string of the molecule is CCNC(=NCC(CCO)CC(C)C)N1CCC(C)CC1. The van der Waals surface area contributed by atoms with Crippen molar-refractivity contribution < 1.29 is 5.11 Å². The van der Waals surface area contributed by atoms with Crippen LogP contribution >= 0.6 is 0 Å². The van der Waals surface area contributed by atoms with Crippen molar-refractivity contribution in [2.75, 3.05) is 32.8 Å². The number of aliphatic imine (C=N–C) groups is 1. The zero-order valence-corrected chi connectivity index (χ0v) is 14.4. The average molecular weight is 297 g/mol. The van der Waals surface area contributed by atoms with Crippen LogP contribution in [0.15, 0.2) is 4.99 Å². The van der Waals surface area contributed by atoms with Crippen LogP contribution in [0.25, 0.3) is 0 Å². The van der Waals surface area contributed by atoms with Crippen molar-refractivity contribution in [3.05, 3.63) is 0 Å². The maximum Gasteiger partial charge on any atom is 0.193 e. The molecular weight excluding hydrogens is 262 g/mol. The van der Waals surface area contributed by atoms with Gasteiger partial charge in [-0.15, -0.1) is 0 Å². The van der Waals surface area contributed by atoms with Crippen LogP contribution in [-0.2, 0) is 0 Å². The molecule has 1 fully saturated rings. The molecule has 1 heterocycles. The summed E-state index contributed by atoms with van der Waals surface area (Å²) in [5.74, 6) is 3.06. The molecule has 1 atom stereocenters. The zero-order chi connectivity index (χ0) is 15.7. The van der Waals surface area contributed by atoms with Crippen LogP contribution in [0.5, 0.6) is 0 Å². The molecule has 1 unspecified atom stereocenters. The predicted octanol–water partition coefficient (Wildman–Crippen LogP) is 2.73. The summed E-state index contributed by atoms with van der Waals surface area (Å²) < 4.78 is 0. The van der Waals surface area contributed by atoms with Gasteiger partial charge in [-0.3, -0.25) is 4.99 Å². The molecule has 21 heavy (non-hydrogen) atoms. The quantitative estimate of drug-likeness (QED) is 0.561. The van der Waals surface area contributed by atoms with Gasteiger partial charge in [0.15, 0.2) is 5.96 Å². The monoisotopic (exact) mass is 297 g/mol. The Kier molecular flexibility index (Phi) is 8.74. The van der Waals surface area contributed by atoms with Gasteiger partial charge in [-0.2, -0.15) is 0 Å². The Morgan fingerprint density at radius 1 is 1.33 bits per heavy atom. The summed E-state index contributed by atoms with van der Waals surface area (Å²) in [5.41, 5.74) is 0. The summed E-state index contributed by atoms with van der Waals surface area (Å²) in [4.78, 5) is 7.25. The van der Waals surface area contributed by atoms with E-state index >= 15 is 0 Å². The molecule has 4 nitrogen and oxygen atoms in total. The van der Waals surface area contributed by atoms with Crippen LogP contribution in [0.4, 0.5) is 0 Å². The molecule has 0 aromatic rings. The van der Waals surface area contributed by atoms with Crippen molar-refractivity contribution in [3.63, 3.8) is 0 Å². The molecule has 2 N–H and O–H groups in total. The molecule has 4 heteroatoms. The fourth-order valence-electron chi connectivity index (χ4n) is 2.99. The third kappa shape index (κ3) is 7.16. The summed E-state index contributed by atoms with van der Waals surface area (Å²) >= 11 is 0. The lowest BCUT2D eigenvalue weighted by Crippen LogP contribution is -2.45. The van der Waals surface area contributed by atoms with E-state index in [9.17, 15) is 5.11 Å². The summed E-state index contributed by atoms with van der Waals surface area (Å²) in [6.45, 7) is 13.2. The van der Waals surface area contributed by atoms with Crippen LogP contribution < -0.4 is 5.32 Å². The minimum Gasteiger partial charge on any atom is -0.396 e. The molecule has 0 spiro atoms. The van der Waals surface area contributed by atoms with Gasteiger partial charge in [0.2, 0.25) is 0 Å². The summed E-state index contributed by atoms with van der Waals surface area (Å²) in [6, 6.07) is 0. The van der Waals surface area contributed by atoms with E-state index in [1.165, 1.54) is 12.8 Å². The Balaban J connectivity index is 2.60. The molecule has 124 valence electrons. The van der Waals surface area contributed by atoms with Crippen LogP contribution in [0.2, 0.25) is 0 Å². The van der Waals surface area contributed by atoms with Gasteiger partial charge in [-0.25, -0.2) is 0 Å². The maximum absolute atomic E-state index is 9.22. The maximum atomic E-state index is 9.22. The number of nitrogens with one attached hydrogen (secondary N) is 1. The van der Waals surface area contributed by atoms with E-state index in [2.05, 4.69) is 37.9 Å². The topological polar surface area (TPSA) is 47.9 Å². The first kappa shape index (κ1) is 18.3. The van der Waals surface area contributed by atoms with Crippen molar-refractivity contribution in [2.45, 2.75) is 53.4 Å². The molecule has 0 radical (unpaired) electrons. The second-order valence-corrected chi connectivity index (χ2v) is 6.87. The third-order valence-electron chi connectivity index (χ3n) is 4.26. The molecule has 0 bridgehead atoms. The van der Waals surface area contributed by atoms with Crippen molar-refractivity contribution in [3.8, 4) is 0 Å². The predicted molar refractivity (Wildman–Crippen MR) is 90.6 cm³/mol. The molecule has 0 aromatic carbocycles. The lowest BCUT2D eigenvalue weighted by Gasteiger charge is -2.33. The van der Waals surface area contributed by atoms with E-state index in [0.29, 0.717) is 11.8 Å². The van der Waals surface area contributed by atoms with Gasteiger partial charge in [0.25, 0.3) is 0 Å². The molecule has 1 rings (SSSR count). The van der Waals surface area contributed by atoms with Crippen LogP contribution in [-0.4, -0.2) is 48.8 Å². The molecule has 0 aliphatic carbocycles. The molecule has 0 saturated carbocycles. The number of aliphatic hydroxyl groups excluding tert-OH is 1. The lowest BCUT2D eigenvalue weighted by molar-refractivity contribution is 0.244. The number of piperidine rings is 1. The van der Waals surface area contributed by atoms with Crippen LogP contribution in [0.1, 0.15) is 53.4 Å². The van der Waals surface area contributed by atoms with E-state index in [-0.39, 0.29) is 6.61 Å². The number of likely N-dealkylation sites (tertiary alicyclic amines) is 1. The standard InChI is InChI=1S/C17H35N3O/c1-5-18-17(20-9-6-15(4)7-10-20)19-13-16(8-11-21)12-14(2)3/h14-16,21H,5-13H2,1-4H3,(H,18,19). The molecule has 1 aliphatic rings. The normalized spacial score (nSPS) is 19.1. The van der Waals surface area contributed by atoms with Gasteiger partial charge in [0, 0.05) is 32.8 Å². The fourth-order valence-corrected chi connectivity index (χ4v) is 2.99. The molecule has 1 aliphatic heterocycles. The zero-order valence-electron chi connectivity index (χ0n) is 14.4. The lowest BCUT2D eigenvalue weighted by atomic mass is 9.94. The smallest absolute Gasteiger partial charge is 0.193 e. The highest BCUT2D eigenvalue weighted by atomic mass is 16.3. The minimum absolute atomic E-state index is 0.269. The number of hydrogen-bond donors (Lipinski definition) is 2. The highest BCUT2D eigenvalue weighted by molar-refractivity contribution is 5.80. The van der Waals surface area contributed by atoms with Crippen LogP contribution in [0, 0.1) is 17.8 Å². The van der Waals surface area contributed by atoms with Gasteiger partial charge in [-0.05, 0) is 50.4 Å². The second-order valence-electron chi connectivity index (χ2n) is 6.87. The highest BCUT2D eigenvalue weighted by Crippen LogP contribution is 2.18. The Bertz CT molecular complexity index is 296. The molecule has 1 saturated heterocycles. The van der Waals surface area contributed by atoms with Gasteiger partial charge in [0.05, 0.1) is 0 Å². The van der Waals surface area contributed by atoms with Gasteiger partial charge in [0.1, 0.15) is 0 Å². The number of nitrogens with zero attached hydrogens (tertiary/aromatic N) is 2. The Hall–Kier alpha value is -0.770. The number of rotatable bonds is 7. The Morgan fingerprint density at radius 2 is 2.00 bits per heavy atom. The van der Waals surface area contributed by atoms with E-state index in [0.717, 1.165) is 50.9 Å². The van der Waals surface area contributed by atoms with Crippen molar-refractivity contribution in [2.24, 2.45) is 22.7 Å². The number of aliphatic hydroxyl groups is 1. The first-order valence-electron chi connectivity index (χ1n) is 8.70. The van der Waals surface area contributed by atoms with E-state index in [1.54, 1.807) is 0 Å². The van der Waals surface area contributed by atoms with E-state index in [1.807, 2.05) is 0 Å². The molecular formula is C17H35N3O. The summed E-state index contributed by atoms with van der Waals surface area (Å²) in [6.07, 6.45) is 4.52. The first-order chi connectivity index (χ1) is 10.1. The summed E-state index contributed by atoms with van der Waals surface area (Å²) in [5, 5.41) is 12.7.